The molecule has 19 heavy (non-hydrogen) atoms. The Bertz CT molecular complexity index is 570. The Labute approximate surface area is 111 Å². The molecule has 0 amide bonds. The minimum atomic E-state index is -4.08. The van der Waals surface area contributed by atoms with Gasteiger partial charge in [0, 0.05) is 12.1 Å². The second kappa shape index (κ2) is 5.98. The Morgan fingerprint density at radius 1 is 1.47 bits per heavy atom. The van der Waals surface area contributed by atoms with Gasteiger partial charge in [-0.1, -0.05) is 13.3 Å². The molecule has 7 nitrogen and oxygen atoms in total. The molecule has 1 aromatic carbocycles. The van der Waals surface area contributed by atoms with Crippen molar-refractivity contribution in [3.05, 3.63) is 28.3 Å². The number of sulfonamides is 1. The summed E-state index contributed by atoms with van der Waals surface area (Å²) in [6.45, 7) is 3.76. The van der Waals surface area contributed by atoms with E-state index in [1.165, 1.54) is 12.1 Å². The summed E-state index contributed by atoms with van der Waals surface area (Å²) >= 11 is 0. The lowest BCUT2D eigenvalue weighted by molar-refractivity contribution is -0.385. The van der Waals surface area contributed by atoms with Crippen molar-refractivity contribution < 1.29 is 18.1 Å². The van der Waals surface area contributed by atoms with Crippen molar-refractivity contribution in [3.8, 4) is 5.75 Å². The van der Waals surface area contributed by atoms with Gasteiger partial charge < -0.3 is 4.74 Å². The topological polar surface area (TPSA) is 113 Å². The zero-order valence-corrected chi connectivity index (χ0v) is 11.5. The van der Waals surface area contributed by atoms with Crippen LogP contribution in [0.1, 0.15) is 26.7 Å². The summed E-state index contributed by atoms with van der Waals surface area (Å²) < 4.78 is 28.4. The number of primary sulfonamides is 1. The molecule has 0 heterocycles. The van der Waals surface area contributed by atoms with E-state index in [1.807, 2.05) is 6.92 Å². The van der Waals surface area contributed by atoms with E-state index in [9.17, 15) is 18.5 Å². The van der Waals surface area contributed by atoms with Crippen LogP contribution in [0.15, 0.2) is 23.1 Å². The van der Waals surface area contributed by atoms with Crippen LogP contribution in [-0.4, -0.2) is 19.4 Å². The highest BCUT2D eigenvalue weighted by Gasteiger charge is 2.21. The molecule has 106 valence electrons. The van der Waals surface area contributed by atoms with E-state index in [4.69, 9.17) is 9.88 Å². The van der Waals surface area contributed by atoms with Gasteiger partial charge in [-0.2, -0.15) is 0 Å². The zero-order chi connectivity index (χ0) is 14.6. The summed E-state index contributed by atoms with van der Waals surface area (Å²) in [6, 6.07) is 3.34. The van der Waals surface area contributed by atoms with Crippen LogP contribution in [0.2, 0.25) is 0 Å². The van der Waals surface area contributed by atoms with Gasteiger partial charge >= 0.3 is 0 Å². The molecule has 1 atom stereocenters. The fourth-order valence-electron chi connectivity index (χ4n) is 1.61. The summed E-state index contributed by atoms with van der Waals surface area (Å²) in [5.41, 5.74) is -0.348. The largest absolute Gasteiger partial charge is 0.489 e. The summed E-state index contributed by atoms with van der Waals surface area (Å²) in [5, 5.41) is 15.7. The predicted molar refractivity (Wildman–Crippen MR) is 69.5 cm³/mol. The molecular formula is C11H16N2O5S. The molecule has 8 heteroatoms. The van der Waals surface area contributed by atoms with Crippen molar-refractivity contribution in [2.24, 2.45) is 5.14 Å². The Kier molecular flexibility index (Phi) is 4.84. The molecule has 0 aliphatic rings. The SMILES string of the molecule is CCCC(C)Oc1ccc([N+](=O)[O-])cc1S(N)(=O)=O. The van der Waals surface area contributed by atoms with E-state index >= 15 is 0 Å². The number of ether oxygens (including phenoxy) is 1. The molecule has 0 aliphatic carbocycles. The van der Waals surface area contributed by atoms with Crippen LogP contribution in [0.5, 0.6) is 5.75 Å². The quantitative estimate of drug-likeness (QED) is 0.633. The van der Waals surface area contributed by atoms with Crippen molar-refractivity contribution >= 4 is 15.7 Å². The predicted octanol–water partition coefficient (Wildman–Crippen LogP) is 1.81. The van der Waals surface area contributed by atoms with Gasteiger partial charge in [-0.15, -0.1) is 0 Å². The second-order valence-corrected chi connectivity index (χ2v) is 5.68. The van der Waals surface area contributed by atoms with E-state index in [0.29, 0.717) is 0 Å². The van der Waals surface area contributed by atoms with Crippen molar-refractivity contribution in [3.63, 3.8) is 0 Å². The molecule has 0 radical (unpaired) electrons. The van der Waals surface area contributed by atoms with E-state index < -0.39 is 14.9 Å². The van der Waals surface area contributed by atoms with Crippen molar-refractivity contribution in [2.45, 2.75) is 37.7 Å². The lowest BCUT2D eigenvalue weighted by Crippen LogP contribution is -2.17. The van der Waals surface area contributed by atoms with Gasteiger partial charge in [-0.3, -0.25) is 10.1 Å². The van der Waals surface area contributed by atoms with E-state index in [0.717, 1.165) is 18.9 Å². The molecular weight excluding hydrogens is 272 g/mol. The normalized spacial score (nSPS) is 13.0. The molecule has 0 aliphatic heterocycles. The molecule has 0 fully saturated rings. The van der Waals surface area contributed by atoms with Crippen LogP contribution in [0.4, 0.5) is 5.69 Å². The lowest BCUT2D eigenvalue weighted by Gasteiger charge is -2.15. The summed E-state index contributed by atoms with van der Waals surface area (Å²) in [6.07, 6.45) is 1.41. The number of rotatable bonds is 6. The molecule has 0 spiro atoms. The van der Waals surface area contributed by atoms with Crippen LogP contribution in [-0.2, 0) is 10.0 Å². The van der Waals surface area contributed by atoms with Crippen LogP contribution < -0.4 is 9.88 Å². The maximum absolute atomic E-state index is 11.4. The number of hydrogen-bond acceptors (Lipinski definition) is 5. The molecule has 0 saturated carbocycles. The van der Waals surface area contributed by atoms with Gasteiger partial charge in [-0.05, 0) is 19.4 Å². The Morgan fingerprint density at radius 3 is 2.58 bits per heavy atom. The Hall–Kier alpha value is -1.67. The number of hydrogen-bond donors (Lipinski definition) is 1. The monoisotopic (exact) mass is 288 g/mol. The summed E-state index contributed by atoms with van der Waals surface area (Å²) in [5.74, 6) is 0.0362. The number of nitro benzene ring substituents is 1. The van der Waals surface area contributed by atoms with Gasteiger partial charge in [0.25, 0.3) is 5.69 Å². The van der Waals surface area contributed by atoms with Gasteiger partial charge in [0.1, 0.15) is 10.6 Å². The van der Waals surface area contributed by atoms with Crippen molar-refractivity contribution in [1.29, 1.82) is 0 Å². The summed E-state index contributed by atoms with van der Waals surface area (Å²) in [4.78, 5) is 9.59. The standard InChI is InChI=1S/C11H16N2O5S/c1-3-4-8(2)18-10-6-5-9(13(14)15)7-11(10)19(12,16)17/h5-8H,3-4H2,1-2H3,(H2,12,16,17). The number of nitrogens with two attached hydrogens (primary N) is 1. The molecule has 1 aromatic rings. The first kappa shape index (κ1) is 15.4. The van der Waals surface area contributed by atoms with Crippen LogP contribution in [0.3, 0.4) is 0 Å². The van der Waals surface area contributed by atoms with Gasteiger partial charge in [-0.25, -0.2) is 13.6 Å². The van der Waals surface area contributed by atoms with E-state index in [2.05, 4.69) is 0 Å². The highest BCUT2D eigenvalue weighted by molar-refractivity contribution is 7.89. The third kappa shape index (κ3) is 4.18. The number of non-ortho nitro benzene ring substituents is 1. The molecule has 2 N–H and O–H groups in total. The average Bonchev–Trinajstić information content (AvgIpc) is 2.27. The molecule has 0 bridgehead atoms. The van der Waals surface area contributed by atoms with Crippen LogP contribution in [0.25, 0.3) is 0 Å². The minimum absolute atomic E-state index is 0.0362. The highest BCUT2D eigenvalue weighted by Crippen LogP contribution is 2.28. The second-order valence-electron chi connectivity index (χ2n) is 4.15. The van der Waals surface area contributed by atoms with E-state index in [-0.39, 0.29) is 22.4 Å². The van der Waals surface area contributed by atoms with Crippen LogP contribution in [0, 0.1) is 10.1 Å². The number of nitrogens with zero attached hydrogens (tertiary/aromatic N) is 1. The first-order valence-electron chi connectivity index (χ1n) is 5.73. The van der Waals surface area contributed by atoms with Crippen molar-refractivity contribution in [1.82, 2.24) is 0 Å². The summed E-state index contributed by atoms with van der Waals surface area (Å²) in [7, 11) is -4.08. The number of nitro groups is 1. The first-order chi connectivity index (χ1) is 8.75. The lowest BCUT2D eigenvalue weighted by atomic mass is 10.2. The fraction of sp³-hybridized carbons (Fsp3) is 0.455. The van der Waals surface area contributed by atoms with Crippen molar-refractivity contribution in [2.75, 3.05) is 0 Å². The first-order valence-corrected chi connectivity index (χ1v) is 7.28. The van der Waals surface area contributed by atoms with E-state index in [1.54, 1.807) is 6.92 Å². The number of benzene rings is 1. The average molecular weight is 288 g/mol. The van der Waals surface area contributed by atoms with Gasteiger partial charge in [0.15, 0.2) is 0 Å². The molecule has 0 saturated heterocycles. The smallest absolute Gasteiger partial charge is 0.271 e. The van der Waals surface area contributed by atoms with Gasteiger partial charge in [0.2, 0.25) is 10.0 Å². The molecule has 1 unspecified atom stereocenters. The third-order valence-corrected chi connectivity index (χ3v) is 3.40. The van der Waals surface area contributed by atoms with Crippen LogP contribution >= 0.6 is 0 Å². The Balaban J connectivity index is 3.21. The molecule has 1 rings (SSSR count). The fourth-order valence-corrected chi connectivity index (χ4v) is 2.29. The minimum Gasteiger partial charge on any atom is -0.489 e. The maximum Gasteiger partial charge on any atom is 0.271 e. The maximum atomic E-state index is 11.4. The Morgan fingerprint density at radius 2 is 2.11 bits per heavy atom. The molecule has 0 aromatic heterocycles. The third-order valence-electron chi connectivity index (χ3n) is 2.47. The van der Waals surface area contributed by atoms with Gasteiger partial charge in [0.05, 0.1) is 11.0 Å². The highest BCUT2D eigenvalue weighted by atomic mass is 32.2. The zero-order valence-electron chi connectivity index (χ0n) is 10.7.